The first-order valence-corrected chi connectivity index (χ1v) is 4.18. The zero-order valence-electron chi connectivity index (χ0n) is 7.84. The van der Waals surface area contributed by atoms with Crippen LogP contribution in [0.1, 0.15) is 13.3 Å². The topological polar surface area (TPSA) is 18.5 Å². The molecule has 0 aromatic heterocycles. The Morgan fingerprint density at radius 1 is 1.33 bits per heavy atom. The van der Waals surface area contributed by atoms with Gasteiger partial charge in [0.05, 0.1) is 13.2 Å². The molecule has 0 radical (unpaired) electrons. The normalized spacial score (nSPS) is 9.75. The lowest BCUT2D eigenvalue weighted by atomic mass is 10.4. The predicted molar refractivity (Wildman–Crippen MR) is 51.3 cm³/mol. The molecule has 0 aromatic carbocycles. The lowest BCUT2D eigenvalue weighted by Crippen LogP contribution is -2.02. The molecule has 0 aliphatic heterocycles. The van der Waals surface area contributed by atoms with E-state index in [2.05, 4.69) is 13.2 Å². The van der Waals surface area contributed by atoms with E-state index in [9.17, 15) is 0 Å². The van der Waals surface area contributed by atoms with Crippen LogP contribution in [-0.4, -0.2) is 26.4 Å². The molecule has 2 heteroatoms. The number of ether oxygens (including phenoxy) is 2. The third-order valence-electron chi connectivity index (χ3n) is 1.16. The summed E-state index contributed by atoms with van der Waals surface area (Å²) in [6, 6.07) is 0. The van der Waals surface area contributed by atoms with Crippen molar-refractivity contribution in [1.29, 1.82) is 0 Å². The van der Waals surface area contributed by atoms with Gasteiger partial charge in [-0.25, -0.2) is 0 Å². The lowest BCUT2D eigenvalue weighted by molar-refractivity contribution is 0.104. The Morgan fingerprint density at radius 2 is 2.00 bits per heavy atom. The molecule has 0 aromatic rings. The molecule has 0 aliphatic rings. The fourth-order valence-corrected chi connectivity index (χ4v) is 0.676. The standard InChI is InChI=1S/C10H18O2/c1-4-6-11-7-5-8-12-9-10(2)3/h4H,1-2,5-9H2,3H3. The molecular weight excluding hydrogens is 152 g/mol. The smallest absolute Gasteiger partial charge is 0.0671 e. The van der Waals surface area contributed by atoms with Crippen molar-refractivity contribution in [1.82, 2.24) is 0 Å². The van der Waals surface area contributed by atoms with E-state index in [0.717, 1.165) is 25.2 Å². The van der Waals surface area contributed by atoms with Crippen molar-refractivity contribution in [3.05, 3.63) is 24.8 Å². The third-order valence-corrected chi connectivity index (χ3v) is 1.16. The Hall–Kier alpha value is -0.600. The van der Waals surface area contributed by atoms with Crippen LogP contribution in [0.2, 0.25) is 0 Å². The van der Waals surface area contributed by atoms with Crippen molar-refractivity contribution >= 4 is 0 Å². The highest BCUT2D eigenvalue weighted by atomic mass is 16.5. The first kappa shape index (κ1) is 11.4. The molecule has 0 rings (SSSR count). The van der Waals surface area contributed by atoms with Crippen LogP contribution in [0.3, 0.4) is 0 Å². The Kier molecular flexibility index (Phi) is 8.07. The van der Waals surface area contributed by atoms with Gasteiger partial charge in [0.25, 0.3) is 0 Å². The van der Waals surface area contributed by atoms with E-state index in [1.165, 1.54) is 0 Å². The quantitative estimate of drug-likeness (QED) is 0.410. The van der Waals surface area contributed by atoms with Gasteiger partial charge < -0.3 is 9.47 Å². The Labute approximate surface area is 74.9 Å². The van der Waals surface area contributed by atoms with E-state index < -0.39 is 0 Å². The minimum atomic E-state index is 0.625. The van der Waals surface area contributed by atoms with E-state index in [4.69, 9.17) is 9.47 Å². The van der Waals surface area contributed by atoms with Gasteiger partial charge in [-0.15, -0.1) is 6.58 Å². The first-order chi connectivity index (χ1) is 5.77. The largest absolute Gasteiger partial charge is 0.377 e. The van der Waals surface area contributed by atoms with Crippen molar-refractivity contribution in [2.45, 2.75) is 13.3 Å². The SMILES string of the molecule is C=CCOCCCOCC(=C)C. The summed E-state index contributed by atoms with van der Waals surface area (Å²) in [6.45, 7) is 12.0. The average Bonchev–Trinajstić information content (AvgIpc) is 2.02. The van der Waals surface area contributed by atoms with Crippen LogP contribution >= 0.6 is 0 Å². The highest BCUT2D eigenvalue weighted by molar-refractivity contribution is 4.87. The summed E-state index contributed by atoms with van der Waals surface area (Å²) in [6.07, 6.45) is 2.68. The predicted octanol–water partition coefficient (Wildman–Crippen LogP) is 2.17. The molecule has 0 saturated carbocycles. The minimum absolute atomic E-state index is 0.625. The highest BCUT2D eigenvalue weighted by Gasteiger charge is 1.89. The van der Waals surface area contributed by atoms with Crippen LogP contribution in [-0.2, 0) is 9.47 Å². The van der Waals surface area contributed by atoms with E-state index in [-0.39, 0.29) is 0 Å². The molecule has 2 nitrogen and oxygen atoms in total. The van der Waals surface area contributed by atoms with Crippen molar-refractivity contribution in [3.8, 4) is 0 Å². The van der Waals surface area contributed by atoms with Gasteiger partial charge in [0.2, 0.25) is 0 Å². The minimum Gasteiger partial charge on any atom is -0.377 e. The first-order valence-electron chi connectivity index (χ1n) is 4.18. The zero-order chi connectivity index (χ0) is 9.23. The van der Waals surface area contributed by atoms with Crippen molar-refractivity contribution in [2.24, 2.45) is 0 Å². The zero-order valence-corrected chi connectivity index (χ0v) is 7.84. The summed E-state index contributed by atoms with van der Waals surface area (Å²) in [7, 11) is 0. The molecule has 0 saturated heterocycles. The van der Waals surface area contributed by atoms with Crippen LogP contribution in [0.5, 0.6) is 0 Å². The molecule has 0 spiro atoms. The molecule has 12 heavy (non-hydrogen) atoms. The monoisotopic (exact) mass is 170 g/mol. The summed E-state index contributed by atoms with van der Waals surface area (Å²) in [5.74, 6) is 0. The molecular formula is C10H18O2. The fourth-order valence-electron chi connectivity index (χ4n) is 0.676. The Morgan fingerprint density at radius 3 is 2.58 bits per heavy atom. The highest BCUT2D eigenvalue weighted by Crippen LogP contribution is 1.90. The number of hydrogen-bond donors (Lipinski definition) is 0. The van der Waals surface area contributed by atoms with Gasteiger partial charge in [0.15, 0.2) is 0 Å². The third kappa shape index (κ3) is 9.40. The van der Waals surface area contributed by atoms with Gasteiger partial charge in [-0.05, 0) is 13.3 Å². The summed E-state index contributed by atoms with van der Waals surface area (Å²) >= 11 is 0. The van der Waals surface area contributed by atoms with Gasteiger partial charge in [0, 0.05) is 13.2 Å². The maximum absolute atomic E-state index is 5.27. The molecule has 0 heterocycles. The maximum atomic E-state index is 5.27. The van der Waals surface area contributed by atoms with Gasteiger partial charge in [-0.2, -0.15) is 0 Å². The second-order valence-corrected chi connectivity index (χ2v) is 2.73. The van der Waals surface area contributed by atoms with Gasteiger partial charge >= 0.3 is 0 Å². The number of rotatable bonds is 8. The summed E-state index contributed by atoms with van der Waals surface area (Å²) in [5.41, 5.74) is 1.06. The van der Waals surface area contributed by atoms with Gasteiger partial charge in [-0.3, -0.25) is 0 Å². The van der Waals surface area contributed by atoms with Crippen LogP contribution in [0.15, 0.2) is 24.8 Å². The molecule has 70 valence electrons. The van der Waals surface area contributed by atoms with Gasteiger partial charge in [-0.1, -0.05) is 18.2 Å². The molecule has 0 fully saturated rings. The Balaban J connectivity index is 2.90. The average molecular weight is 170 g/mol. The number of hydrogen-bond acceptors (Lipinski definition) is 2. The Bertz CT molecular complexity index is 130. The van der Waals surface area contributed by atoms with E-state index in [1.54, 1.807) is 6.08 Å². The van der Waals surface area contributed by atoms with Crippen molar-refractivity contribution in [3.63, 3.8) is 0 Å². The van der Waals surface area contributed by atoms with Crippen LogP contribution < -0.4 is 0 Å². The molecule has 0 unspecified atom stereocenters. The van der Waals surface area contributed by atoms with Crippen molar-refractivity contribution < 1.29 is 9.47 Å². The second kappa shape index (κ2) is 8.50. The maximum Gasteiger partial charge on any atom is 0.0671 e. The molecule has 0 amide bonds. The molecule has 0 bridgehead atoms. The van der Waals surface area contributed by atoms with Crippen LogP contribution in [0.4, 0.5) is 0 Å². The van der Waals surface area contributed by atoms with Gasteiger partial charge in [0.1, 0.15) is 0 Å². The fraction of sp³-hybridized carbons (Fsp3) is 0.600. The van der Waals surface area contributed by atoms with E-state index in [1.807, 2.05) is 6.92 Å². The van der Waals surface area contributed by atoms with E-state index in [0.29, 0.717) is 13.2 Å². The molecule has 0 N–H and O–H groups in total. The van der Waals surface area contributed by atoms with Crippen LogP contribution in [0.25, 0.3) is 0 Å². The molecule has 0 atom stereocenters. The summed E-state index contributed by atoms with van der Waals surface area (Å²) in [5, 5.41) is 0. The summed E-state index contributed by atoms with van der Waals surface area (Å²) < 4.78 is 10.4. The van der Waals surface area contributed by atoms with E-state index >= 15 is 0 Å². The van der Waals surface area contributed by atoms with Crippen molar-refractivity contribution in [2.75, 3.05) is 26.4 Å². The second-order valence-electron chi connectivity index (χ2n) is 2.73. The summed E-state index contributed by atoms with van der Waals surface area (Å²) in [4.78, 5) is 0. The molecule has 0 aliphatic carbocycles. The lowest BCUT2D eigenvalue weighted by Gasteiger charge is -2.03. The van der Waals surface area contributed by atoms with Crippen LogP contribution in [0, 0.1) is 0 Å².